The van der Waals surface area contributed by atoms with E-state index in [1.54, 1.807) is 0 Å². The highest BCUT2D eigenvalue weighted by Crippen LogP contribution is 2.50. The Balaban J connectivity index is 1.71. The summed E-state index contributed by atoms with van der Waals surface area (Å²) in [4.78, 5) is 2.53. The van der Waals surface area contributed by atoms with E-state index in [0.29, 0.717) is 18.0 Å². The molecule has 0 amide bonds. The lowest BCUT2D eigenvalue weighted by atomic mass is 9.72. The molecule has 0 aliphatic carbocycles. The van der Waals surface area contributed by atoms with Gasteiger partial charge in [-0.25, -0.2) is 0 Å². The van der Waals surface area contributed by atoms with Crippen LogP contribution in [0.4, 0.5) is 0 Å². The third kappa shape index (κ3) is 3.02. The lowest BCUT2D eigenvalue weighted by molar-refractivity contribution is 0.00309. The van der Waals surface area contributed by atoms with Crippen LogP contribution in [0.3, 0.4) is 0 Å². The first-order valence-corrected chi connectivity index (χ1v) is 9.57. The number of aliphatic hydroxyl groups is 1. The highest BCUT2D eigenvalue weighted by Gasteiger charge is 2.48. The second kappa shape index (κ2) is 6.59. The Bertz CT molecular complexity index is 721. The summed E-state index contributed by atoms with van der Waals surface area (Å²) in [6, 6.07) is 18.6. The van der Waals surface area contributed by atoms with E-state index in [1.807, 2.05) is 0 Å². The monoisotopic (exact) mass is 335 g/mol. The molecule has 2 aliphatic heterocycles. The van der Waals surface area contributed by atoms with E-state index >= 15 is 0 Å². The highest BCUT2D eigenvalue weighted by molar-refractivity contribution is 5.30. The van der Waals surface area contributed by atoms with Crippen LogP contribution in [-0.4, -0.2) is 29.1 Å². The summed E-state index contributed by atoms with van der Waals surface area (Å²) in [5.41, 5.74) is 5.00. The molecule has 0 radical (unpaired) electrons. The number of piperidine rings is 1. The number of aryl methyl sites for hydroxylation is 2. The zero-order chi connectivity index (χ0) is 17.6. The van der Waals surface area contributed by atoms with Gasteiger partial charge in [-0.3, -0.25) is 0 Å². The summed E-state index contributed by atoms with van der Waals surface area (Å²) in [5.74, 6) is 0.694. The van der Waals surface area contributed by atoms with Crippen molar-refractivity contribution in [2.75, 3.05) is 7.05 Å². The number of hydrogen-bond donors (Lipinski definition) is 1. The number of nitrogens with zero attached hydrogens (tertiary/aromatic N) is 1. The Labute approximate surface area is 151 Å². The third-order valence-electron chi connectivity index (χ3n) is 6.62. The van der Waals surface area contributed by atoms with Crippen LogP contribution in [-0.2, 0) is 0 Å². The van der Waals surface area contributed by atoms with E-state index in [4.69, 9.17) is 0 Å². The van der Waals surface area contributed by atoms with Crippen molar-refractivity contribution in [1.29, 1.82) is 0 Å². The first kappa shape index (κ1) is 16.8. The number of aliphatic hydroxyl groups excluding tert-OH is 1. The van der Waals surface area contributed by atoms with Gasteiger partial charge in [-0.1, -0.05) is 59.7 Å². The molecule has 4 rings (SSSR count). The quantitative estimate of drug-likeness (QED) is 0.886. The molecule has 2 fully saturated rings. The molecule has 0 aromatic heterocycles. The first-order valence-electron chi connectivity index (χ1n) is 9.57. The maximum atomic E-state index is 11.3. The standard InChI is InChI=1S/C23H29NO/c1-15-4-8-17(9-5-15)20-14-19-12-13-21(24(19)3)22(20)23(25)18-10-6-16(2)7-11-18/h4-11,19-23,25H,12-14H2,1-3H3/t19-,20-,21-,22+,23+/m1/s1. The zero-order valence-electron chi connectivity index (χ0n) is 15.5. The van der Waals surface area contributed by atoms with Gasteiger partial charge in [0.2, 0.25) is 0 Å². The van der Waals surface area contributed by atoms with Crippen LogP contribution in [0.15, 0.2) is 48.5 Å². The van der Waals surface area contributed by atoms with Gasteiger partial charge in [0.05, 0.1) is 6.10 Å². The number of hydrogen-bond acceptors (Lipinski definition) is 2. The summed E-state index contributed by atoms with van der Waals surface area (Å²) >= 11 is 0. The molecule has 2 nitrogen and oxygen atoms in total. The molecule has 2 aliphatic rings. The molecule has 2 saturated heterocycles. The fourth-order valence-corrected chi connectivity index (χ4v) is 5.10. The van der Waals surface area contributed by atoms with E-state index in [1.165, 1.54) is 29.5 Å². The molecule has 0 unspecified atom stereocenters. The molecule has 2 heterocycles. The smallest absolute Gasteiger partial charge is 0.0839 e. The Morgan fingerprint density at radius 1 is 0.920 bits per heavy atom. The Hall–Kier alpha value is -1.64. The van der Waals surface area contributed by atoms with E-state index in [0.717, 1.165) is 12.0 Å². The summed E-state index contributed by atoms with van der Waals surface area (Å²) in [6.45, 7) is 4.24. The SMILES string of the molecule is Cc1ccc([C@H]2C[C@H]3CC[C@H]([C@H]2[C@@H](O)c2ccc(C)cc2)N3C)cc1. The van der Waals surface area contributed by atoms with Crippen molar-refractivity contribution in [2.24, 2.45) is 5.92 Å². The molecule has 25 heavy (non-hydrogen) atoms. The van der Waals surface area contributed by atoms with Gasteiger partial charge >= 0.3 is 0 Å². The predicted octanol–water partition coefficient (Wildman–Crippen LogP) is 4.60. The molecule has 132 valence electrons. The van der Waals surface area contributed by atoms with Gasteiger partial charge < -0.3 is 10.0 Å². The molecule has 2 aromatic carbocycles. The van der Waals surface area contributed by atoms with E-state index in [2.05, 4.69) is 74.3 Å². The van der Waals surface area contributed by atoms with Gasteiger partial charge in [-0.15, -0.1) is 0 Å². The fraction of sp³-hybridized carbons (Fsp3) is 0.478. The topological polar surface area (TPSA) is 23.5 Å². The molecule has 2 bridgehead atoms. The van der Waals surface area contributed by atoms with E-state index in [-0.39, 0.29) is 5.92 Å². The van der Waals surface area contributed by atoms with Crippen molar-refractivity contribution in [3.63, 3.8) is 0 Å². The van der Waals surface area contributed by atoms with Gasteiger partial charge in [0.1, 0.15) is 0 Å². The van der Waals surface area contributed by atoms with Crippen LogP contribution in [0.2, 0.25) is 0 Å². The van der Waals surface area contributed by atoms with Gasteiger partial charge in [-0.2, -0.15) is 0 Å². The van der Waals surface area contributed by atoms with Crippen molar-refractivity contribution >= 4 is 0 Å². The average molecular weight is 335 g/mol. The van der Waals surface area contributed by atoms with E-state index in [9.17, 15) is 5.11 Å². The molecule has 2 heteroatoms. The highest BCUT2D eigenvalue weighted by atomic mass is 16.3. The Kier molecular flexibility index (Phi) is 4.43. The van der Waals surface area contributed by atoms with Crippen molar-refractivity contribution < 1.29 is 5.11 Å². The maximum Gasteiger partial charge on any atom is 0.0839 e. The minimum Gasteiger partial charge on any atom is -0.388 e. The average Bonchev–Trinajstić information content (AvgIpc) is 2.85. The molecule has 1 N–H and O–H groups in total. The summed E-state index contributed by atoms with van der Waals surface area (Å²) in [5, 5.41) is 11.3. The molecule has 2 aromatic rings. The Morgan fingerprint density at radius 2 is 1.52 bits per heavy atom. The molecule has 0 saturated carbocycles. The lowest BCUT2D eigenvalue weighted by Crippen LogP contribution is -2.47. The number of rotatable bonds is 3. The lowest BCUT2D eigenvalue weighted by Gasteiger charge is -2.45. The minimum atomic E-state index is -0.404. The van der Waals surface area contributed by atoms with Crippen LogP contribution in [0.25, 0.3) is 0 Å². The molecular weight excluding hydrogens is 306 g/mol. The summed E-state index contributed by atoms with van der Waals surface area (Å²) < 4.78 is 0. The van der Waals surface area contributed by atoms with Crippen molar-refractivity contribution in [2.45, 2.75) is 57.2 Å². The van der Waals surface area contributed by atoms with Crippen molar-refractivity contribution in [3.8, 4) is 0 Å². The van der Waals surface area contributed by atoms with Crippen LogP contribution < -0.4 is 0 Å². The minimum absolute atomic E-state index is 0.258. The van der Waals surface area contributed by atoms with Crippen molar-refractivity contribution in [3.05, 3.63) is 70.8 Å². The van der Waals surface area contributed by atoms with Crippen molar-refractivity contribution in [1.82, 2.24) is 4.90 Å². The van der Waals surface area contributed by atoms with Gasteiger partial charge in [0.25, 0.3) is 0 Å². The Morgan fingerprint density at radius 3 is 2.16 bits per heavy atom. The summed E-state index contributed by atoms with van der Waals surface area (Å²) in [6.07, 6.45) is 3.22. The van der Waals surface area contributed by atoms with Gasteiger partial charge in [0, 0.05) is 18.0 Å². The fourth-order valence-electron chi connectivity index (χ4n) is 5.10. The first-order chi connectivity index (χ1) is 12.0. The van der Waals surface area contributed by atoms with Crippen LogP contribution in [0, 0.1) is 19.8 Å². The second-order valence-electron chi connectivity index (χ2n) is 8.15. The largest absolute Gasteiger partial charge is 0.388 e. The molecule has 0 spiro atoms. The van der Waals surface area contributed by atoms with Crippen LogP contribution in [0.5, 0.6) is 0 Å². The van der Waals surface area contributed by atoms with Crippen LogP contribution in [0.1, 0.15) is 53.5 Å². The third-order valence-corrected chi connectivity index (χ3v) is 6.62. The summed E-state index contributed by atoms with van der Waals surface area (Å²) in [7, 11) is 2.25. The predicted molar refractivity (Wildman–Crippen MR) is 103 cm³/mol. The normalized spacial score (nSPS) is 30.4. The number of fused-ring (bicyclic) bond motifs is 2. The number of benzene rings is 2. The maximum absolute atomic E-state index is 11.3. The van der Waals surface area contributed by atoms with E-state index < -0.39 is 6.10 Å². The second-order valence-corrected chi connectivity index (χ2v) is 8.15. The van der Waals surface area contributed by atoms with Gasteiger partial charge in [-0.05, 0) is 57.2 Å². The van der Waals surface area contributed by atoms with Gasteiger partial charge in [0.15, 0.2) is 0 Å². The molecule has 5 atom stereocenters. The molecular formula is C23H29NO. The van der Waals surface area contributed by atoms with Crippen LogP contribution >= 0.6 is 0 Å². The zero-order valence-corrected chi connectivity index (χ0v) is 15.5.